The van der Waals surface area contributed by atoms with E-state index in [4.69, 9.17) is 4.98 Å². The summed E-state index contributed by atoms with van der Waals surface area (Å²) in [7, 11) is -1.54. The summed E-state index contributed by atoms with van der Waals surface area (Å²) in [5.41, 5.74) is 3.14. The molecule has 3 aromatic rings. The molecule has 0 atom stereocenters. The summed E-state index contributed by atoms with van der Waals surface area (Å²) in [6, 6.07) is 16.4. The van der Waals surface area contributed by atoms with E-state index >= 15 is 0 Å². The molecule has 1 saturated heterocycles. The van der Waals surface area contributed by atoms with Crippen molar-refractivity contribution in [3.8, 4) is 0 Å². The smallest absolute Gasteiger partial charge is 0.261 e. The molecule has 1 aliphatic heterocycles. The average Bonchev–Trinajstić information content (AvgIpc) is 2.70. The lowest BCUT2D eigenvalue weighted by Gasteiger charge is -2.32. The Labute approximate surface area is 172 Å². The van der Waals surface area contributed by atoms with Crippen molar-refractivity contribution in [3.63, 3.8) is 0 Å². The molecule has 152 valence electrons. The minimum atomic E-state index is -3.67. The molecule has 0 aliphatic carbocycles. The van der Waals surface area contributed by atoms with Gasteiger partial charge in [-0.2, -0.15) is 0 Å². The molecule has 1 N–H and O–H groups in total. The van der Waals surface area contributed by atoms with Crippen LogP contribution in [0.3, 0.4) is 0 Å². The summed E-state index contributed by atoms with van der Waals surface area (Å²) in [4.78, 5) is 9.75. The second kappa shape index (κ2) is 8.10. The van der Waals surface area contributed by atoms with E-state index in [9.17, 15) is 8.42 Å². The number of hydrogen-bond acceptors (Lipinski definition) is 5. The van der Waals surface area contributed by atoms with Crippen LogP contribution in [0.2, 0.25) is 0 Å². The highest BCUT2D eigenvalue weighted by molar-refractivity contribution is 7.92. The third-order valence-corrected chi connectivity index (χ3v) is 6.72. The monoisotopic (exact) mass is 410 g/mol. The Morgan fingerprint density at radius 1 is 0.966 bits per heavy atom. The number of benzene rings is 2. The lowest BCUT2D eigenvalue weighted by atomic mass is 10.1. The summed E-state index contributed by atoms with van der Waals surface area (Å²) < 4.78 is 28.4. The Kier molecular flexibility index (Phi) is 5.54. The first-order valence-corrected chi connectivity index (χ1v) is 11.3. The molecule has 4 rings (SSSR count). The number of sulfonamides is 1. The van der Waals surface area contributed by atoms with Crippen molar-refractivity contribution in [2.75, 3.05) is 37.9 Å². The number of hydrogen-bond donors (Lipinski definition) is 1. The highest BCUT2D eigenvalue weighted by Gasteiger charge is 2.17. The molecule has 0 radical (unpaired) electrons. The van der Waals surface area contributed by atoms with Gasteiger partial charge in [-0.15, -0.1) is 0 Å². The first-order chi connectivity index (χ1) is 13.9. The number of pyridine rings is 1. The molecule has 7 heteroatoms. The van der Waals surface area contributed by atoms with Crippen molar-refractivity contribution >= 4 is 26.6 Å². The van der Waals surface area contributed by atoms with Gasteiger partial charge in [-0.05, 0) is 38.2 Å². The summed E-state index contributed by atoms with van der Waals surface area (Å²) in [5, 5.41) is 0.913. The van der Waals surface area contributed by atoms with E-state index in [0.717, 1.165) is 49.4 Å². The fourth-order valence-corrected chi connectivity index (χ4v) is 4.58. The number of fused-ring (bicyclic) bond motifs is 1. The van der Waals surface area contributed by atoms with Crippen LogP contribution in [0.5, 0.6) is 0 Å². The largest absolute Gasteiger partial charge is 0.304 e. The number of aromatic nitrogens is 1. The topological polar surface area (TPSA) is 65.5 Å². The summed E-state index contributed by atoms with van der Waals surface area (Å²) in [6.07, 6.45) is 0. The Bertz CT molecular complexity index is 1110. The van der Waals surface area contributed by atoms with E-state index in [1.807, 2.05) is 31.2 Å². The van der Waals surface area contributed by atoms with Crippen LogP contribution >= 0.6 is 0 Å². The Morgan fingerprint density at radius 2 is 1.69 bits per heavy atom. The molecule has 29 heavy (non-hydrogen) atoms. The van der Waals surface area contributed by atoms with Crippen molar-refractivity contribution in [2.24, 2.45) is 0 Å². The van der Waals surface area contributed by atoms with Crippen LogP contribution in [-0.2, 0) is 16.6 Å². The summed E-state index contributed by atoms with van der Waals surface area (Å²) >= 11 is 0. The first kappa shape index (κ1) is 19.8. The molecular weight excluding hydrogens is 384 g/mol. The van der Waals surface area contributed by atoms with Crippen LogP contribution in [0.15, 0.2) is 59.5 Å². The van der Waals surface area contributed by atoms with Crippen LogP contribution in [-0.4, -0.2) is 56.4 Å². The lowest BCUT2D eigenvalue weighted by molar-refractivity contribution is 0.147. The third kappa shape index (κ3) is 4.58. The first-order valence-electron chi connectivity index (χ1n) is 9.80. The zero-order valence-corrected chi connectivity index (χ0v) is 17.6. The molecule has 0 amide bonds. The van der Waals surface area contributed by atoms with E-state index in [0.29, 0.717) is 11.2 Å². The van der Waals surface area contributed by atoms with Crippen molar-refractivity contribution in [1.29, 1.82) is 0 Å². The zero-order valence-electron chi connectivity index (χ0n) is 16.8. The molecule has 6 nitrogen and oxygen atoms in total. The standard InChI is InChI=1S/C22H26N4O2S/c1-17-6-10-20(11-7-17)29(27,28)24-21-5-3-4-18-8-9-19(23-22(18)21)16-26-14-12-25(2)13-15-26/h3-11,24H,12-16H2,1-2H3. The van der Waals surface area contributed by atoms with Gasteiger partial charge in [0.25, 0.3) is 10.0 Å². The third-order valence-electron chi connectivity index (χ3n) is 5.34. The van der Waals surface area contributed by atoms with Gasteiger partial charge in [0, 0.05) is 38.1 Å². The fourth-order valence-electron chi connectivity index (χ4n) is 3.51. The SMILES string of the molecule is Cc1ccc(S(=O)(=O)Nc2cccc3ccc(CN4CCN(C)CC4)nc23)cc1. The second-order valence-electron chi connectivity index (χ2n) is 7.68. The molecule has 1 aliphatic rings. The summed E-state index contributed by atoms with van der Waals surface area (Å²) in [5.74, 6) is 0. The number of aryl methyl sites for hydroxylation is 1. The second-order valence-corrected chi connectivity index (χ2v) is 9.36. The highest BCUT2D eigenvalue weighted by atomic mass is 32.2. The van der Waals surface area contributed by atoms with Gasteiger partial charge in [-0.25, -0.2) is 13.4 Å². The van der Waals surface area contributed by atoms with Crippen molar-refractivity contribution < 1.29 is 8.42 Å². The number of nitrogens with one attached hydrogen (secondary N) is 1. The molecule has 1 aromatic heterocycles. The number of piperazine rings is 1. The minimum absolute atomic E-state index is 0.244. The van der Waals surface area contributed by atoms with E-state index in [2.05, 4.69) is 21.6 Å². The fraction of sp³-hybridized carbons (Fsp3) is 0.318. The van der Waals surface area contributed by atoms with E-state index < -0.39 is 10.0 Å². The van der Waals surface area contributed by atoms with Gasteiger partial charge in [-0.1, -0.05) is 35.9 Å². The van der Waals surface area contributed by atoms with Crippen molar-refractivity contribution in [3.05, 3.63) is 65.9 Å². The van der Waals surface area contributed by atoms with Gasteiger partial charge in [-0.3, -0.25) is 9.62 Å². The molecular formula is C22H26N4O2S. The van der Waals surface area contributed by atoms with Crippen LogP contribution in [0.1, 0.15) is 11.3 Å². The number of nitrogens with zero attached hydrogens (tertiary/aromatic N) is 3. The van der Waals surface area contributed by atoms with E-state index in [1.54, 1.807) is 30.3 Å². The predicted octanol–water partition coefficient (Wildman–Crippen LogP) is 3.09. The molecule has 1 fully saturated rings. The van der Waals surface area contributed by atoms with Gasteiger partial charge in [0.1, 0.15) is 0 Å². The number of rotatable bonds is 5. The van der Waals surface area contributed by atoms with Gasteiger partial charge < -0.3 is 4.90 Å². The molecule has 0 bridgehead atoms. The maximum absolute atomic E-state index is 12.8. The van der Waals surface area contributed by atoms with E-state index in [1.165, 1.54) is 0 Å². The zero-order chi connectivity index (χ0) is 20.4. The number of para-hydroxylation sites is 1. The molecule has 0 saturated carbocycles. The number of anilines is 1. The number of likely N-dealkylation sites (N-methyl/N-ethyl adjacent to an activating group) is 1. The van der Waals surface area contributed by atoms with Crippen LogP contribution < -0.4 is 4.72 Å². The van der Waals surface area contributed by atoms with Crippen LogP contribution in [0.25, 0.3) is 10.9 Å². The van der Waals surface area contributed by atoms with Crippen LogP contribution in [0, 0.1) is 6.92 Å². The molecule has 0 unspecified atom stereocenters. The Balaban J connectivity index is 1.61. The molecule has 2 aromatic carbocycles. The Hall–Kier alpha value is -2.48. The lowest BCUT2D eigenvalue weighted by Crippen LogP contribution is -2.44. The molecule has 0 spiro atoms. The van der Waals surface area contributed by atoms with Gasteiger partial charge in [0.2, 0.25) is 0 Å². The van der Waals surface area contributed by atoms with Gasteiger partial charge in [0.05, 0.1) is 21.8 Å². The Morgan fingerprint density at radius 3 is 2.41 bits per heavy atom. The average molecular weight is 411 g/mol. The maximum Gasteiger partial charge on any atom is 0.261 e. The molecule has 2 heterocycles. The van der Waals surface area contributed by atoms with Gasteiger partial charge in [0.15, 0.2) is 0 Å². The maximum atomic E-state index is 12.8. The normalized spacial score (nSPS) is 16.2. The van der Waals surface area contributed by atoms with E-state index in [-0.39, 0.29) is 4.90 Å². The predicted molar refractivity (Wildman–Crippen MR) is 117 cm³/mol. The van der Waals surface area contributed by atoms with Gasteiger partial charge >= 0.3 is 0 Å². The minimum Gasteiger partial charge on any atom is -0.304 e. The van der Waals surface area contributed by atoms with Crippen molar-refractivity contribution in [2.45, 2.75) is 18.4 Å². The quantitative estimate of drug-likeness (QED) is 0.700. The summed E-state index contributed by atoms with van der Waals surface area (Å²) in [6.45, 7) is 6.82. The van der Waals surface area contributed by atoms with Crippen molar-refractivity contribution in [1.82, 2.24) is 14.8 Å². The highest BCUT2D eigenvalue weighted by Crippen LogP contribution is 2.25. The van der Waals surface area contributed by atoms with Crippen LogP contribution in [0.4, 0.5) is 5.69 Å².